The minimum absolute atomic E-state index is 0.0317. The van der Waals surface area contributed by atoms with Gasteiger partial charge in [-0.2, -0.15) is 10.1 Å². The molecule has 1 heterocycles. The van der Waals surface area contributed by atoms with Gasteiger partial charge in [-0.25, -0.2) is 0 Å². The summed E-state index contributed by atoms with van der Waals surface area (Å²) in [7, 11) is 1.62. The van der Waals surface area contributed by atoms with Gasteiger partial charge in [0.15, 0.2) is 0 Å². The van der Waals surface area contributed by atoms with Gasteiger partial charge in [-0.15, -0.1) is 0 Å². The molecule has 29 heavy (non-hydrogen) atoms. The summed E-state index contributed by atoms with van der Waals surface area (Å²) in [5.74, 6) is 0.0454. The van der Waals surface area contributed by atoms with Crippen molar-refractivity contribution in [1.29, 1.82) is 0 Å². The number of non-ortho nitro benzene ring substituents is 1. The molecule has 1 aliphatic rings. The first kappa shape index (κ1) is 20.2. The maximum Gasteiger partial charge on any atom is 0.269 e. The number of amides is 1. The van der Waals surface area contributed by atoms with E-state index in [-0.39, 0.29) is 11.6 Å². The molecule has 1 amide bonds. The van der Waals surface area contributed by atoms with Crippen LogP contribution in [0.2, 0.25) is 0 Å². The molecule has 8 nitrogen and oxygen atoms in total. The number of methoxy groups -OCH3 is 1. The average molecular weight is 394 g/mol. The predicted octanol–water partition coefficient (Wildman–Crippen LogP) is 3.99. The van der Waals surface area contributed by atoms with Gasteiger partial charge in [-0.05, 0) is 36.2 Å². The Bertz CT molecular complexity index is 936. The molecule has 0 fully saturated rings. The Morgan fingerprint density at radius 1 is 1.21 bits per heavy atom. The van der Waals surface area contributed by atoms with Crippen molar-refractivity contribution < 1.29 is 14.5 Å². The second kappa shape index (κ2) is 9.09. The molecule has 0 N–H and O–H groups in total. The van der Waals surface area contributed by atoms with E-state index in [0.717, 1.165) is 23.4 Å². The van der Waals surface area contributed by atoms with Crippen LogP contribution in [0.15, 0.2) is 58.6 Å². The van der Waals surface area contributed by atoms with Crippen LogP contribution in [0, 0.1) is 16.0 Å². The summed E-state index contributed by atoms with van der Waals surface area (Å²) in [5.41, 5.74) is 2.22. The van der Waals surface area contributed by atoms with Gasteiger partial charge >= 0.3 is 0 Å². The van der Waals surface area contributed by atoms with Gasteiger partial charge in [0.1, 0.15) is 11.7 Å². The fraction of sp³-hybridized carbons (Fsp3) is 0.286. The van der Waals surface area contributed by atoms with Gasteiger partial charge in [-0.3, -0.25) is 19.9 Å². The van der Waals surface area contributed by atoms with Crippen LogP contribution in [0.4, 0.5) is 11.4 Å². The summed E-state index contributed by atoms with van der Waals surface area (Å²) in [4.78, 5) is 27.7. The lowest BCUT2D eigenvalue weighted by molar-refractivity contribution is -0.384. The summed E-state index contributed by atoms with van der Waals surface area (Å²) in [6.45, 7) is 2.47. The zero-order valence-corrected chi connectivity index (χ0v) is 16.3. The fourth-order valence-corrected chi connectivity index (χ4v) is 3.02. The molecule has 2 aromatic carbocycles. The summed E-state index contributed by atoms with van der Waals surface area (Å²) in [6, 6.07) is 13.4. The fourth-order valence-electron chi connectivity index (χ4n) is 3.02. The molecule has 0 saturated carbocycles. The van der Waals surface area contributed by atoms with Gasteiger partial charge in [0.2, 0.25) is 0 Å². The molecule has 0 unspecified atom stereocenters. The molecule has 1 aliphatic heterocycles. The summed E-state index contributed by atoms with van der Waals surface area (Å²) in [5, 5.41) is 16.6. The largest absolute Gasteiger partial charge is 0.497 e. The number of rotatable bonds is 8. The highest BCUT2D eigenvalue weighted by Gasteiger charge is 2.35. The Balaban J connectivity index is 1.74. The minimum Gasteiger partial charge on any atom is -0.497 e. The van der Waals surface area contributed by atoms with Crippen molar-refractivity contribution in [2.24, 2.45) is 16.0 Å². The third kappa shape index (κ3) is 4.66. The number of hydrazone groups is 1. The van der Waals surface area contributed by atoms with Crippen LogP contribution in [-0.2, 0) is 11.3 Å². The number of nitro benzene ring substituents is 1. The number of carbonyl (C=O) groups is 1. The molecule has 0 spiro atoms. The lowest BCUT2D eigenvalue weighted by Crippen LogP contribution is -2.28. The Morgan fingerprint density at radius 2 is 1.90 bits per heavy atom. The van der Waals surface area contributed by atoms with Crippen molar-refractivity contribution >= 4 is 29.2 Å². The predicted molar refractivity (Wildman–Crippen MR) is 112 cm³/mol. The van der Waals surface area contributed by atoms with Crippen molar-refractivity contribution in [2.75, 3.05) is 12.1 Å². The number of nitro groups is 1. The molecule has 1 atom stereocenters. The smallest absolute Gasteiger partial charge is 0.269 e. The van der Waals surface area contributed by atoms with E-state index < -0.39 is 10.8 Å². The SMILES string of the molecule is CCCC1=NN(c2ccc([N+](=O)[O-])cc2)C(=O)[C@@H]1C=NCc1ccc(OC)cc1. The van der Waals surface area contributed by atoms with Gasteiger partial charge in [-0.1, -0.05) is 25.5 Å². The Morgan fingerprint density at radius 3 is 2.48 bits per heavy atom. The molecule has 0 radical (unpaired) electrons. The molecule has 8 heteroatoms. The third-order valence-electron chi connectivity index (χ3n) is 4.56. The number of nitrogens with zero attached hydrogens (tertiary/aromatic N) is 4. The van der Waals surface area contributed by atoms with Gasteiger partial charge in [0.05, 0.1) is 30.0 Å². The third-order valence-corrected chi connectivity index (χ3v) is 4.56. The molecule has 0 bridgehead atoms. The first-order valence-corrected chi connectivity index (χ1v) is 9.32. The van der Waals surface area contributed by atoms with Crippen molar-refractivity contribution in [3.8, 4) is 5.75 Å². The maximum absolute atomic E-state index is 12.9. The van der Waals surface area contributed by atoms with Crippen LogP contribution in [0.25, 0.3) is 0 Å². The highest BCUT2D eigenvalue weighted by Crippen LogP contribution is 2.26. The van der Waals surface area contributed by atoms with E-state index in [9.17, 15) is 14.9 Å². The van der Waals surface area contributed by atoms with Crippen molar-refractivity contribution in [3.63, 3.8) is 0 Å². The Kier molecular flexibility index (Phi) is 6.33. The monoisotopic (exact) mass is 394 g/mol. The zero-order chi connectivity index (χ0) is 20.8. The van der Waals surface area contributed by atoms with Crippen molar-refractivity contribution in [1.82, 2.24) is 0 Å². The number of anilines is 1. The number of benzene rings is 2. The number of aliphatic imine (C=N–C) groups is 1. The normalized spacial score (nSPS) is 16.3. The van der Waals surface area contributed by atoms with Crippen LogP contribution in [0.5, 0.6) is 5.75 Å². The highest BCUT2D eigenvalue weighted by atomic mass is 16.6. The van der Waals surface area contributed by atoms with E-state index in [2.05, 4.69) is 10.1 Å². The summed E-state index contributed by atoms with van der Waals surface area (Å²) >= 11 is 0. The zero-order valence-electron chi connectivity index (χ0n) is 16.3. The number of hydrogen-bond acceptors (Lipinski definition) is 6. The second-order valence-electron chi connectivity index (χ2n) is 6.58. The van der Waals surface area contributed by atoms with E-state index in [4.69, 9.17) is 4.74 Å². The van der Waals surface area contributed by atoms with Crippen molar-refractivity contribution in [3.05, 3.63) is 64.2 Å². The molecule has 0 aliphatic carbocycles. The summed E-state index contributed by atoms with van der Waals surface area (Å²) in [6.07, 6.45) is 3.17. The summed E-state index contributed by atoms with van der Waals surface area (Å²) < 4.78 is 5.14. The molecular formula is C21H22N4O4. The maximum atomic E-state index is 12.9. The lowest BCUT2D eigenvalue weighted by atomic mass is 10.0. The second-order valence-corrected chi connectivity index (χ2v) is 6.58. The first-order valence-electron chi connectivity index (χ1n) is 9.32. The number of ether oxygens (including phenoxy) is 1. The lowest BCUT2D eigenvalue weighted by Gasteiger charge is -2.12. The van der Waals surface area contributed by atoms with E-state index in [1.807, 2.05) is 31.2 Å². The van der Waals surface area contributed by atoms with E-state index in [1.165, 1.54) is 29.3 Å². The van der Waals surface area contributed by atoms with Crippen LogP contribution >= 0.6 is 0 Å². The Labute approximate surface area is 168 Å². The van der Waals surface area contributed by atoms with Crippen molar-refractivity contribution in [2.45, 2.75) is 26.3 Å². The molecule has 0 aromatic heterocycles. The number of carbonyl (C=O) groups excluding carboxylic acids is 1. The number of hydrogen-bond donors (Lipinski definition) is 0. The van der Waals surface area contributed by atoms with Gasteiger partial charge < -0.3 is 4.74 Å². The van der Waals surface area contributed by atoms with Crippen LogP contribution in [-0.4, -0.2) is 29.9 Å². The van der Waals surface area contributed by atoms with Crippen LogP contribution < -0.4 is 9.75 Å². The molecule has 0 saturated heterocycles. The van der Waals surface area contributed by atoms with E-state index in [0.29, 0.717) is 18.7 Å². The molecular weight excluding hydrogens is 372 g/mol. The average Bonchev–Trinajstić information content (AvgIpc) is 3.04. The minimum atomic E-state index is -0.525. The highest BCUT2D eigenvalue weighted by molar-refractivity contribution is 6.24. The van der Waals surface area contributed by atoms with E-state index >= 15 is 0 Å². The molecule has 150 valence electrons. The van der Waals surface area contributed by atoms with Gasteiger partial charge in [0, 0.05) is 18.3 Å². The van der Waals surface area contributed by atoms with Crippen LogP contribution in [0.1, 0.15) is 25.3 Å². The Hall–Kier alpha value is -3.55. The standard InChI is InChI=1S/C21H22N4O4/c1-3-4-20-19(14-22-13-15-5-11-18(29-2)12-6-15)21(26)24(23-20)16-7-9-17(10-8-16)25(27)28/h5-12,14,19H,3-4,13H2,1-2H3/t19-/m1/s1. The topological polar surface area (TPSA) is 97.4 Å². The molecule has 3 rings (SSSR count). The van der Waals surface area contributed by atoms with Gasteiger partial charge in [0.25, 0.3) is 11.6 Å². The van der Waals surface area contributed by atoms with Crippen LogP contribution in [0.3, 0.4) is 0 Å². The first-order chi connectivity index (χ1) is 14.0. The molecule has 2 aromatic rings. The van der Waals surface area contributed by atoms with E-state index in [1.54, 1.807) is 13.3 Å². The quantitative estimate of drug-likeness (QED) is 0.384.